The van der Waals surface area contributed by atoms with E-state index in [9.17, 15) is 0 Å². The Hall–Kier alpha value is -2.62. The summed E-state index contributed by atoms with van der Waals surface area (Å²) in [6, 6.07) is 16.2. The molecule has 1 aromatic heterocycles. The van der Waals surface area contributed by atoms with Gasteiger partial charge in [0, 0.05) is 5.69 Å². The number of nitrogens with zero attached hydrogens (tertiary/aromatic N) is 3. The fourth-order valence-corrected chi connectivity index (χ4v) is 2.60. The zero-order valence-electron chi connectivity index (χ0n) is 10.9. The van der Waals surface area contributed by atoms with E-state index in [1.54, 1.807) is 6.33 Å². The van der Waals surface area contributed by atoms with E-state index in [-0.39, 0.29) is 0 Å². The van der Waals surface area contributed by atoms with Gasteiger partial charge in [-0.3, -0.25) is 0 Å². The normalized spacial score (nSPS) is 13.9. The summed E-state index contributed by atoms with van der Waals surface area (Å²) in [6.45, 7) is 1.40. The lowest BCUT2D eigenvalue weighted by Crippen LogP contribution is -2.22. The van der Waals surface area contributed by atoms with Crippen LogP contribution in [0.15, 0.2) is 54.9 Å². The Morgan fingerprint density at radius 2 is 1.85 bits per heavy atom. The maximum atomic E-state index is 5.85. The SMILES string of the molecule is c1ccc(N2CCOc3cccc4ncnc2c34)cc1. The molecule has 4 rings (SSSR count). The molecule has 1 aliphatic heterocycles. The van der Waals surface area contributed by atoms with Gasteiger partial charge in [0.05, 0.1) is 17.4 Å². The lowest BCUT2D eigenvalue weighted by Gasteiger charge is -2.22. The topological polar surface area (TPSA) is 38.2 Å². The molecular weight excluding hydrogens is 250 g/mol. The number of ether oxygens (including phenoxy) is 1. The van der Waals surface area contributed by atoms with E-state index in [1.165, 1.54) is 0 Å². The van der Waals surface area contributed by atoms with E-state index in [4.69, 9.17) is 4.74 Å². The van der Waals surface area contributed by atoms with Crippen molar-refractivity contribution in [2.45, 2.75) is 0 Å². The Morgan fingerprint density at radius 3 is 2.75 bits per heavy atom. The second kappa shape index (κ2) is 4.49. The van der Waals surface area contributed by atoms with Crippen LogP contribution in [0.5, 0.6) is 5.75 Å². The molecule has 2 aromatic carbocycles. The standard InChI is InChI=1S/C16H13N3O/c1-2-5-12(6-3-1)19-9-10-20-14-8-4-7-13-15(14)16(19)18-11-17-13/h1-8,11H,9-10H2. The van der Waals surface area contributed by atoms with Gasteiger partial charge in [-0.15, -0.1) is 0 Å². The Bertz CT molecular complexity index is 753. The zero-order valence-corrected chi connectivity index (χ0v) is 10.9. The first kappa shape index (κ1) is 11.2. The number of hydrogen-bond acceptors (Lipinski definition) is 4. The summed E-state index contributed by atoms with van der Waals surface area (Å²) in [7, 11) is 0. The molecule has 0 fully saturated rings. The first-order valence-corrected chi connectivity index (χ1v) is 6.62. The Kier molecular flexibility index (Phi) is 2.52. The molecule has 0 N–H and O–H groups in total. The maximum absolute atomic E-state index is 5.85. The van der Waals surface area contributed by atoms with Gasteiger partial charge in [-0.25, -0.2) is 9.97 Å². The minimum absolute atomic E-state index is 0.629. The number of anilines is 2. The molecule has 3 aromatic rings. The van der Waals surface area contributed by atoms with E-state index in [1.807, 2.05) is 36.4 Å². The second-order valence-corrected chi connectivity index (χ2v) is 4.68. The van der Waals surface area contributed by atoms with Crippen molar-refractivity contribution in [1.82, 2.24) is 9.97 Å². The predicted molar refractivity (Wildman–Crippen MR) is 78.5 cm³/mol. The first-order chi connectivity index (χ1) is 9.93. The first-order valence-electron chi connectivity index (χ1n) is 6.62. The lowest BCUT2D eigenvalue weighted by molar-refractivity contribution is 0.335. The van der Waals surface area contributed by atoms with Gasteiger partial charge in [0.1, 0.15) is 24.5 Å². The average molecular weight is 263 g/mol. The molecule has 20 heavy (non-hydrogen) atoms. The molecule has 0 bridgehead atoms. The van der Waals surface area contributed by atoms with Crippen molar-refractivity contribution in [3.05, 3.63) is 54.9 Å². The van der Waals surface area contributed by atoms with Gasteiger partial charge in [-0.2, -0.15) is 0 Å². The molecular formula is C16H13N3O. The van der Waals surface area contributed by atoms with Gasteiger partial charge in [0.15, 0.2) is 0 Å². The minimum Gasteiger partial charge on any atom is -0.491 e. The van der Waals surface area contributed by atoms with Gasteiger partial charge in [0.25, 0.3) is 0 Å². The molecule has 0 spiro atoms. The van der Waals surface area contributed by atoms with Crippen molar-refractivity contribution in [2.24, 2.45) is 0 Å². The summed E-state index contributed by atoms with van der Waals surface area (Å²) in [5.41, 5.74) is 2.03. The van der Waals surface area contributed by atoms with Crippen LogP contribution in [-0.4, -0.2) is 23.1 Å². The molecule has 2 heterocycles. The van der Waals surface area contributed by atoms with Crippen molar-refractivity contribution < 1.29 is 4.74 Å². The van der Waals surface area contributed by atoms with E-state index in [0.717, 1.165) is 34.7 Å². The summed E-state index contributed by atoms with van der Waals surface area (Å²) in [5.74, 6) is 1.77. The highest BCUT2D eigenvalue weighted by molar-refractivity contribution is 5.96. The van der Waals surface area contributed by atoms with Crippen LogP contribution in [0.1, 0.15) is 0 Å². The van der Waals surface area contributed by atoms with Crippen molar-refractivity contribution in [2.75, 3.05) is 18.1 Å². The molecule has 1 aliphatic rings. The quantitative estimate of drug-likeness (QED) is 0.676. The molecule has 0 saturated heterocycles. The smallest absolute Gasteiger partial charge is 0.148 e. The minimum atomic E-state index is 0.629. The Morgan fingerprint density at radius 1 is 0.950 bits per heavy atom. The largest absolute Gasteiger partial charge is 0.491 e. The molecule has 98 valence electrons. The summed E-state index contributed by atoms with van der Waals surface area (Å²) >= 11 is 0. The molecule has 0 radical (unpaired) electrons. The number of aromatic nitrogens is 2. The van der Waals surface area contributed by atoms with Crippen LogP contribution in [0.2, 0.25) is 0 Å². The van der Waals surface area contributed by atoms with Crippen molar-refractivity contribution in [3.63, 3.8) is 0 Å². The predicted octanol–water partition coefficient (Wildman–Crippen LogP) is 3.16. The fourth-order valence-electron chi connectivity index (χ4n) is 2.60. The maximum Gasteiger partial charge on any atom is 0.148 e. The van der Waals surface area contributed by atoms with Crippen molar-refractivity contribution >= 4 is 22.4 Å². The van der Waals surface area contributed by atoms with Crippen LogP contribution in [0.4, 0.5) is 11.5 Å². The third kappa shape index (κ3) is 1.69. The molecule has 0 atom stereocenters. The summed E-state index contributed by atoms with van der Waals surface area (Å²) in [4.78, 5) is 11.0. The molecule has 0 amide bonds. The number of benzene rings is 2. The highest BCUT2D eigenvalue weighted by Gasteiger charge is 2.20. The van der Waals surface area contributed by atoms with Crippen LogP contribution >= 0.6 is 0 Å². The van der Waals surface area contributed by atoms with Crippen molar-refractivity contribution in [1.29, 1.82) is 0 Å². The van der Waals surface area contributed by atoms with E-state index in [2.05, 4.69) is 27.0 Å². The van der Waals surface area contributed by atoms with Gasteiger partial charge in [-0.05, 0) is 24.3 Å². The third-order valence-corrected chi connectivity index (χ3v) is 3.50. The van der Waals surface area contributed by atoms with Crippen LogP contribution < -0.4 is 9.64 Å². The Balaban J connectivity index is 1.98. The zero-order chi connectivity index (χ0) is 13.4. The van der Waals surface area contributed by atoms with E-state index < -0.39 is 0 Å². The summed E-state index contributed by atoms with van der Waals surface area (Å²) < 4.78 is 5.85. The van der Waals surface area contributed by atoms with Crippen LogP contribution in [0, 0.1) is 0 Å². The van der Waals surface area contributed by atoms with E-state index >= 15 is 0 Å². The van der Waals surface area contributed by atoms with Crippen LogP contribution in [-0.2, 0) is 0 Å². The fraction of sp³-hybridized carbons (Fsp3) is 0.125. The lowest BCUT2D eigenvalue weighted by atomic mass is 10.2. The van der Waals surface area contributed by atoms with Crippen molar-refractivity contribution in [3.8, 4) is 5.75 Å². The van der Waals surface area contributed by atoms with Gasteiger partial charge in [0.2, 0.25) is 0 Å². The monoisotopic (exact) mass is 263 g/mol. The summed E-state index contributed by atoms with van der Waals surface area (Å²) in [5, 5.41) is 0.983. The number of rotatable bonds is 1. The average Bonchev–Trinajstić information content (AvgIpc) is 2.70. The third-order valence-electron chi connectivity index (χ3n) is 3.50. The molecule has 4 nitrogen and oxygen atoms in total. The number of hydrogen-bond donors (Lipinski definition) is 0. The Labute approximate surface area is 116 Å². The summed E-state index contributed by atoms with van der Waals surface area (Å²) in [6.07, 6.45) is 1.61. The molecule has 0 unspecified atom stereocenters. The number of para-hydroxylation sites is 1. The highest BCUT2D eigenvalue weighted by atomic mass is 16.5. The van der Waals surface area contributed by atoms with Crippen LogP contribution in [0.25, 0.3) is 10.9 Å². The molecule has 0 aliphatic carbocycles. The molecule has 4 heteroatoms. The second-order valence-electron chi connectivity index (χ2n) is 4.68. The van der Waals surface area contributed by atoms with Gasteiger partial charge < -0.3 is 9.64 Å². The highest BCUT2D eigenvalue weighted by Crippen LogP contribution is 2.36. The van der Waals surface area contributed by atoms with E-state index in [0.29, 0.717) is 6.61 Å². The van der Waals surface area contributed by atoms with Gasteiger partial charge >= 0.3 is 0 Å². The van der Waals surface area contributed by atoms with Gasteiger partial charge in [-0.1, -0.05) is 24.3 Å². The molecule has 0 saturated carbocycles. The van der Waals surface area contributed by atoms with Crippen LogP contribution in [0.3, 0.4) is 0 Å².